The quantitative estimate of drug-likeness (QED) is 0.321. The zero-order valence-corrected chi connectivity index (χ0v) is 23.4. The number of carbonyl (C=O) groups is 2. The Labute approximate surface area is 224 Å². The number of carbonyl (C=O) groups excluding carboxylic acids is 2. The standard InChI is InChI=1S/C30H40N2O2S2/c1-29(17-9-3-10-18-29)21-27(33)31-23-13-5-7-15-25(23)35-36-26-16-8-6-14-24(26)32-28(34)22-30(2)19-11-4-12-20-30/h5-8,13-16H,3-4,9-12,17-22H2,1-2H3,(H,31,33)(H,32,34). The van der Waals surface area contributed by atoms with E-state index in [1.165, 1.54) is 38.5 Å². The smallest absolute Gasteiger partial charge is 0.224 e. The Kier molecular flexibility index (Phi) is 9.46. The van der Waals surface area contributed by atoms with Gasteiger partial charge in [-0.25, -0.2) is 0 Å². The number of hydrogen-bond donors (Lipinski definition) is 2. The third-order valence-corrected chi connectivity index (χ3v) is 10.3. The summed E-state index contributed by atoms with van der Waals surface area (Å²) >= 11 is 0. The Balaban J connectivity index is 1.36. The molecule has 2 N–H and O–H groups in total. The van der Waals surface area contributed by atoms with Gasteiger partial charge >= 0.3 is 0 Å². The molecule has 0 aliphatic heterocycles. The highest BCUT2D eigenvalue weighted by Crippen LogP contribution is 2.45. The average molecular weight is 525 g/mol. The summed E-state index contributed by atoms with van der Waals surface area (Å²) in [4.78, 5) is 27.8. The van der Waals surface area contributed by atoms with Gasteiger partial charge in [0.15, 0.2) is 0 Å². The molecule has 2 saturated carbocycles. The van der Waals surface area contributed by atoms with Crippen LogP contribution in [0.3, 0.4) is 0 Å². The van der Waals surface area contributed by atoms with Gasteiger partial charge in [-0.05, 0) is 60.8 Å². The van der Waals surface area contributed by atoms with Gasteiger partial charge in [0, 0.05) is 22.6 Å². The van der Waals surface area contributed by atoms with Crippen LogP contribution in [0.4, 0.5) is 11.4 Å². The molecule has 0 bridgehead atoms. The maximum Gasteiger partial charge on any atom is 0.224 e. The van der Waals surface area contributed by atoms with Gasteiger partial charge in [-0.3, -0.25) is 9.59 Å². The zero-order chi connectivity index (χ0) is 25.4. The van der Waals surface area contributed by atoms with Crippen molar-refractivity contribution in [2.24, 2.45) is 10.8 Å². The molecule has 0 radical (unpaired) electrons. The third kappa shape index (κ3) is 7.79. The van der Waals surface area contributed by atoms with Crippen LogP contribution in [0.5, 0.6) is 0 Å². The molecule has 2 amide bonds. The number of nitrogens with one attached hydrogen (secondary N) is 2. The fourth-order valence-corrected chi connectivity index (χ4v) is 7.98. The highest BCUT2D eigenvalue weighted by atomic mass is 33.1. The lowest BCUT2D eigenvalue weighted by Crippen LogP contribution is -2.27. The minimum Gasteiger partial charge on any atom is -0.325 e. The van der Waals surface area contributed by atoms with Crippen LogP contribution in [0.2, 0.25) is 0 Å². The van der Waals surface area contributed by atoms with Gasteiger partial charge in [0.1, 0.15) is 0 Å². The second kappa shape index (κ2) is 12.6. The Morgan fingerprint density at radius 3 is 1.39 bits per heavy atom. The molecule has 0 aromatic heterocycles. The van der Waals surface area contributed by atoms with Crippen molar-refractivity contribution in [2.75, 3.05) is 10.6 Å². The molecule has 6 heteroatoms. The van der Waals surface area contributed by atoms with Crippen LogP contribution in [0.1, 0.15) is 90.9 Å². The molecule has 0 heterocycles. The first-order chi connectivity index (χ1) is 17.3. The van der Waals surface area contributed by atoms with Gasteiger partial charge in [-0.2, -0.15) is 0 Å². The molecule has 0 unspecified atom stereocenters. The van der Waals surface area contributed by atoms with Crippen molar-refractivity contribution in [3.63, 3.8) is 0 Å². The second-order valence-electron chi connectivity index (χ2n) is 11.4. The highest BCUT2D eigenvalue weighted by molar-refractivity contribution is 8.76. The lowest BCUT2D eigenvalue weighted by atomic mass is 9.73. The Morgan fingerprint density at radius 2 is 1.00 bits per heavy atom. The number of hydrogen-bond acceptors (Lipinski definition) is 4. The third-order valence-electron chi connectivity index (χ3n) is 7.84. The normalized spacial score (nSPS) is 18.8. The Morgan fingerprint density at radius 1 is 0.639 bits per heavy atom. The molecule has 194 valence electrons. The van der Waals surface area contributed by atoms with Crippen molar-refractivity contribution in [3.05, 3.63) is 48.5 Å². The van der Waals surface area contributed by atoms with Crippen molar-refractivity contribution in [1.82, 2.24) is 0 Å². The van der Waals surface area contributed by atoms with E-state index in [0.717, 1.165) is 46.8 Å². The molecule has 4 rings (SSSR count). The zero-order valence-electron chi connectivity index (χ0n) is 21.7. The SMILES string of the molecule is CC1(CC(=O)Nc2ccccc2SSc2ccccc2NC(=O)CC2(C)CCCCC2)CCCCC1. The predicted molar refractivity (Wildman–Crippen MR) is 153 cm³/mol. The van der Waals surface area contributed by atoms with Crippen molar-refractivity contribution in [1.29, 1.82) is 0 Å². The first kappa shape index (κ1) is 27.1. The van der Waals surface area contributed by atoms with Gasteiger partial charge < -0.3 is 10.6 Å². The maximum absolute atomic E-state index is 12.9. The van der Waals surface area contributed by atoms with E-state index in [4.69, 9.17) is 0 Å². The Hall–Kier alpha value is -1.92. The molecule has 2 aliphatic rings. The Bertz CT molecular complexity index is 959. The second-order valence-corrected chi connectivity index (χ2v) is 13.6. The summed E-state index contributed by atoms with van der Waals surface area (Å²) in [5.74, 6) is 0.197. The van der Waals surface area contributed by atoms with Crippen LogP contribution in [0.25, 0.3) is 0 Å². The van der Waals surface area contributed by atoms with E-state index in [-0.39, 0.29) is 22.6 Å². The van der Waals surface area contributed by atoms with Crippen LogP contribution < -0.4 is 10.6 Å². The molecule has 2 aliphatic carbocycles. The van der Waals surface area contributed by atoms with Gasteiger partial charge in [0.05, 0.1) is 11.4 Å². The molecular weight excluding hydrogens is 484 g/mol. The minimum absolute atomic E-state index is 0.0984. The van der Waals surface area contributed by atoms with Crippen molar-refractivity contribution < 1.29 is 9.59 Å². The predicted octanol–water partition coefficient (Wildman–Crippen LogP) is 9.08. The fraction of sp³-hybridized carbons (Fsp3) is 0.533. The van der Waals surface area contributed by atoms with Crippen LogP contribution >= 0.6 is 21.6 Å². The molecule has 2 fully saturated rings. The van der Waals surface area contributed by atoms with Gasteiger partial charge in [-0.15, -0.1) is 0 Å². The summed E-state index contributed by atoms with van der Waals surface area (Å²) in [5.41, 5.74) is 1.94. The summed E-state index contributed by atoms with van der Waals surface area (Å²) in [5, 5.41) is 6.35. The van der Waals surface area contributed by atoms with E-state index < -0.39 is 0 Å². The van der Waals surface area contributed by atoms with Crippen LogP contribution in [-0.2, 0) is 9.59 Å². The average Bonchev–Trinajstić information content (AvgIpc) is 2.84. The van der Waals surface area contributed by atoms with Crippen molar-refractivity contribution in [3.8, 4) is 0 Å². The number of rotatable bonds is 9. The largest absolute Gasteiger partial charge is 0.325 e. The molecule has 2 aromatic rings. The summed E-state index contributed by atoms with van der Waals surface area (Å²) in [6.07, 6.45) is 13.2. The van der Waals surface area contributed by atoms with Crippen molar-refractivity contribution in [2.45, 2.75) is 101 Å². The van der Waals surface area contributed by atoms with E-state index in [2.05, 4.69) is 24.5 Å². The number of para-hydroxylation sites is 2. The topological polar surface area (TPSA) is 58.2 Å². The van der Waals surface area contributed by atoms with Gasteiger partial charge in [0.25, 0.3) is 0 Å². The summed E-state index contributed by atoms with van der Waals surface area (Å²) in [6, 6.07) is 16.0. The minimum atomic E-state index is 0.0984. The van der Waals surface area contributed by atoms with Crippen LogP contribution in [-0.4, -0.2) is 11.8 Å². The molecule has 0 spiro atoms. The number of anilines is 2. The van der Waals surface area contributed by atoms with E-state index in [1.807, 2.05) is 48.5 Å². The number of amides is 2. The molecule has 36 heavy (non-hydrogen) atoms. The monoisotopic (exact) mass is 524 g/mol. The lowest BCUT2D eigenvalue weighted by molar-refractivity contribution is -0.119. The summed E-state index contributed by atoms with van der Waals surface area (Å²) in [6.45, 7) is 4.50. The fourth-order valence-electron chi connectivity index (χ4n) is 5.70. The summed E-state index contributed by atoms with van der Waals surface area (Å²) < 4.78 is 0. The first-order valence-corrected chi connectivity index (χ1v) is 15.6. The maximum atomic E-state index is 12.9. The molecular formula is C30H40N2O2S2. The van der Waals surface area contributed by atoms with Crippen LogP contribution in [0.15, 0.2) is 58.3 Å². The van der Waals surface area contributed by atoms with Crippen molar-refractivity contribution >= 4 is 44.8 Å². The van der Waals surface area contributed by atoms with Gasteiger partial charge in [-0.1, -0.05) is 98.2 Å². The van der Waals surface area contributed by atoms with E-state index in [9.17, 15) is 9.59 Å². The first-order valence-electron chi connectivity index (χ1n) is 13.5. The lowest BCUT2D eigenvalue weighted by Gasteiger charge is -2.33. The molecule has 2 aromatic carbocycles. The molecule has 0 atom stereocenters. The van der Waals surface area contributed by atoms with E-state index in [0.29, 0.717) is 12.8 Å². The van der Waals surface area contributed by atoms with E-state index >= 15 is 0 Å². The summed E-state index contributed by atoms with van der Waals surface area (Å²) in [7, 11) is 3.23. The highest BCUT2D eigenvalue weighted by Gasteiger charge is 2.30. The van der Waals surface area contributed by atoms with E-state index in [1.54, 1.807) is 21.6 Å². The molecule has 4 nitrogen and oxygen atoms in total. The van der Waals surface area contributed by atoms with Crippen LogP contribution in [0, 0.1) is 10.8 Å². The van der Waals surface area contributed by atoms with Gasteiger partial charge in [0.2, 0.25) is 11.8 Å². The molecule has 0 saturated heterocycles. The number of benzene rings is 2.